The van der Waals surface area contributed by atoms with Crippen molar-refractivity contribution in [3.05, 3.63) is 36.0 Å². The van der Waals surface area contributed by atoms with Gasteiger partial charge in [-0.1, -0.05) is 18.2 Å². The molecule has 8 heteroatoms. The monoisotopic (exact) mass is 401 g/mol. The van der Waals surface area contributed by atoms with Crippen molar-refractivity contribution in [3.8, 4) is 0 Å². The quantitative estimate of drug-likeness (QED) is 0.601. The van der Waals surface area contributed by atoms with E-state index in [4.69, 9.17) is 0 Å². The maximum Gasteiger partial charge on any atom is 0.328 e. The van der Waals surface area contributed by atoms with Gasteiger partial charge in [0.15, 0.2) is 6.04 Å². The van der Waals surface area contributed by atoms with Crippen molar-refractivity contribution in [2.45, 2.75) is 38.3 Å². The first kappa shape index (κ1) is 20.9. The van der Waals surface area contributed by atoms with Crippen LogP contribution < -0.4 is 11.1 Å². The van der Waals surface area contributed by atoms with Crippen molar-refractivity contribution in [1.29, 1.82) is 0 Å². The Balaban J connectivity index is 1.51. The summed E-state index contributed by atoms with van der Waals surface area (Å²) in [5.74, 6) is -0.830. The average Bonchev–Trinajstić information content (AvgIpc) is 3.15. The molecule has 0 aliphatic carbocycles. The number of methoxy groups -OCH3 is 1. The van der Waals surface area contributed by atoms with Gasteiger partial charge >= 0.3 is 5.97 Å². The van der Waals surface area contributed by atoms with Crippen LogP contribution in [-0.2, 0) is 25.5 Å². The summed E-state index contributed by atoms with van der Waals surface area (Å²) < 4.78 is 4.63. The molecule has 0 bridgehead atoms. The number of amides is 2. The summed E-state index contributed by atoms with van der Waals surface area (Å²) in [6.45, 7) is 2.63. The van der Waals surface area contributed by atoms with Crippen molar-refractivity contribution in [3.63, 3.8) is 0 Å². The molecule has 156 valence electrons. The molecule has 0 radical (unpaired) electrons. The third kappa shape index (κ3) is 4.76. The lowest BCUT2D eigenvalue weighted by atomic mass is 9.94. The predicted octanol–water partition coefficient (Wildman–Crippen LogP) is 0.237. The Morgan fingerprint density at radius 2 is 1.97 bits per heavy atom. The van der Waals surface area contributed by atoms with E-state index in [1.54, 1.807) is 11.8 Å². The van der Waals surface area contributed by atoms with Gasteiger partial charge in [-0.05, 0) is 31.4 Å². The van der Waals surface area contributed by atoms with Gasteiger partial charge in [-0.25, -0.2) is 4.79 Å². The zero-order valence-corrected chi connectivity index (χ0v) is 16.9. The van der Waals surface area contributed by atoms with E-state index >= 15 is 0 Å². The normalized spacial score (nSPS) is 17.0. The molecule has 1 aliphatic rings. The Hall–Kier alpha value is -2.87. The summed E-state index contributed by atoms with van der Waals surface area (Å²) in [5, 5.41) is 3.80. The number of fused-ring (bicyclic) bond motifs is 1. The second-order valence-corrected chi connectivity index (χ2v) is 7.61. The Kier molecular flexibility index (Phi) is 6.53. The van der Waals surface area contributed by atoms with Crippen LogP contribution in [-0.4, -0.2) is 60.0 Å². The molecule has 1 aromatic carbocycles. The Labute approximate surface area is 169 Å². The minimum atomic E-state index is -0.674. The summed E-state index contributed by atoms with van der Waals surface area (Å²) in [4.78, 5) is 41.7. The highest BCUT2D eigenvalue weighted by Crippen LogP contribution is 2.21. The van der Waals surface area contributed by atoms with Gasteiger partial charge in [-0.2, -0.15) is 0 Å². The molecule has 3 rings (SSSR count). The van der Waals surface area contributed by atoms with Crippen LogP contribution in [0.3, 0.4) is 0 Å². The van der Waals surface area contributed by atoms with Gasteiger partial charge in [-0.15, -0.1) is 0 Å². The fraction of sp³-hybridized carbons (Fsp3) is 0.476. The molecule has 1 fully saturated rings. The van der Waals surface area contributed by atoms with Crippen LogP contribution in [0.1, 0.15) is 25.3 Å². The van der Waals surface area contributed by atoms with E-state index in [0.717, 1.165) is 16.5 Å². The summed E-state index contributed by atoms with van der Waals surface area (Å²) in [5.41, 5.74) is 6.22. The molecule has 0 spiro atoms. The first-order valence-corrected chi connectivity index (χ1v) is 9.95. The van der Waals surface area contributed by atoms with Crippen molar-refractivity contribution in [2.24, 2.45) is 5.92 Å². The van der Waals surface area contributed by atoms with Crippen LogP contribution in [0.15, 0.2) is 30.5 Å². The van der Waals surface area contributed by atoms with Gasteiger partial charge in [-0.3, -0.25) is 9.59 Å². The fourth-order valence-corrected chi connectivity index (χ4v) is 3.84. The van der Waals surface area contributed by atoms with E-state index in [1.165, 1.54) is 7.11 Å². The Morgan fingerprint density at radius 3 is 2.66 bits per heavy atom. The molecule has 0 unspecified atom stereocenters. The molecule has 29 heavy (non-hydrogen) atoms. The first-order chi connectivity index (χ1) is 13.9. The number of carbonyl (C=O) groups is 3. The van der Waals surface area contributed by atoms with E-state index in [0.29, 0.717) is 32.4 Å². The third-order valence-corrected chi connectivity index (χ3v) is 5.58. The summed E-state index contributed by atoms with van der Waals surface area (Å²) in [6.07, 6.45) is 3.66. The molecule has 1 aromatic heterocycles. The van der Waals surface area contributed by atoms with Gasteiger partial charge in [0.05, 0.1) is 7.11 Å². The highest BCUT2D eigenvalue weighted by atomic mass is 16.5. The van der Waals surface area contributed by atoms with Gasteiger partial charge in [0.1, 0.15) is 6.04 Å². The van der Waals surface area contributed by atoms with Crippen LogP contribution in [0.5, 0.6) is 0 Å². The summed E-state index contributed by atoms with van der Waals surface area (Å²) in [6, 6.07) is 6.96. The van der Waals surface area contributed by atoms with Gasteiger partial charge in [0.25, 0.3) is 5.91 Å². The molecular formula is C21H29N4O4+. The maximum atomic E-state index is 12.8. The third-order valence-electron chi connectivity index (χ3n) is 5.58. The number of nitrogens with zero attached hydrogens (tertiary/aromatic N) is 1. The number of H-pyrrole nitrogens is 1. The van der Waals surface area contributed by atoms with E-state index in [-0.39, 0.29) is 23.8 Å². The second-order valence-electron chi connectivity index (χ2n) is 7.61. The van der Waals surface area contributed by atoms with Crippen LogP contribution in [0.25, 0.3) is 10.9 Å². The molecule has 8 nitrogen and oxygen atoms in total. The van der Waals surface area contributed by atoms with Crippen LogP contribution in [0, 0.1) is 5.92 Å². The van der Waals surface area contributed by atoms with E-state index < -0.39 is 12.0 Å². The SMILES string of the molecule is COC(=O)[C@H](C)NC(=O)C1CCN(C(=O)[C@@H]([NH3+])Cc2c[nH]c3ccccc23)CC1. The number of rotatable bonds is 6. The summed E-state index contributed by atoms with van der Waals surface area (Å²) >= 11 is 0. The number of likely N-dealkylation sites (tertiary alicyclic amines) is 1. The molecule has 2 heterocycles. The number of benzene rings is 1. The lowest BCUT2D eigenvalue weighted by molar-refractivity contribution is -0.405. The zero-order valence-electron chi connectivity index (χ0n) is 16.9. The van der Waals surface area contributed by atoms with Crippen LogP contribution in [0.4, 0.5) is 0 Å². The number of carbonyl (C=O) groups excluding carboxylic acids is 3. The van der Waals surface area contributed by atoms with E-state index in [2.05, 4.69) is 20.8 Å². The number of aromatic nitrogens is 1. The zero-order chi connectivity index (χ0) is 21.0. The molecule has 2 atom stereocenters. The number of hydrogen-bond donors (Lipinski definition) is 3. The highest BCUT2D eigenvalue weighted by Gasteiger charge is 2.32. The van der Waals surface area contributed by atoms with Crippen LogP contribution in [0.2, 0.25) is 0 Å². The molecule has 2 aromatic rings. The number of ether oxygens (including phenoxy) is 1. The molecule has 0 saturated carbocycles. The standard InChI is InChI=1S/C21H28N4O4/c1-13(21(28)29-2)24-19(26)14-7-9-25(10-8-14)20(27)17(22)11-15-12-23-18-6-4-3-5-16(15)18/h3-6,12-14,17,23H,7-11,22H2,1-2H3,(H,24,26)/p+1/t13-,17-/m0/s1. The molecule has 5 N–H and O–H groups in total. The van der Waals surface area contributed by atoms with Crippen molar-refractivity contribution in [1.82, 2.24) is 15.2 Å². The maximum absolute atomic E-state index is 12.8. The van der Waals surface area contributed by atoms with Gasteiger partial charge < -0.3 is 25.7 Å². The Morgan fingerprint density at radius 1 is 1.28 bits per heavy atom. The lowest BCUT2D eigenvalue weighted by Gasteiger charge is -2.32. The molecule has 1 aliphatic heterocycles. The lowest BCUT2D eigenvalue weighted by Crippen LogP contribution is -2.69. The van der Waals surface area contributed by atoms with Gasteiger partial charge in [0, 0.05) is 42.5 Å². The van der Waals surface area contributed by atoms with Crippen LogP contribution >= 0.6 is 0 Å². The number of nitrogens with one attached hydrogen (secondary N) is 2. The summed E-state index contributed by atoms with van der Waals surface area (Å²) in [7, 11) is 1.29. The van der Waals surface area contributed by atoms with Crippen molar-refractivity contribution < 1.29 is 24.9 Å². The number of piperidine rings is 1. The second kappa shape index (κ2) is 9.09. The molecular weight excluding hydrogens is 372 g/mol. The van der Waals surface area contributed by atoms with Crippen molar-refractivity contribution >= 4 is 28.7 Å². The number of hydrogen-bond acceptors (Lipinski definition) is 4. The fourth-order valence-electron chi connectivity index (χ4n) is 3.84. The number of quaternary nitrogens is 1. The van der Waals surface area contributed by atoms with Crippen molar-refractivity contribution in [2.75, 3.05) is 20.2 Å². The minimum absolute atomic E-state index is 0.0112. The largest absolute Gasteiger partial charge is 0.467 e. The van der Waals surface area contributed by atoms with Gasteiger partial charge in [0.2, 0.25) is 5.91 Å². The molecule has 1 saturated heterocycles. The number of esters is 1. The van der Waals surface area contributed by atoms with E-state index in [1.807, 2.05) is 30.5 Å². The first-order valence-electron chi connectivity index (χ1n) is 9.95. The number of aromatic amines is 1. The van der Waals surface area contributed by atoms with E-state index in [9.17, 15) is 14.4 Å². The minimum Gasteiger partial charge on any atom is -0.467 e. The highest BCUT2D eigenvalue weighted by molar-refractivity contribution is 5.87. The average molecular weight is 401 g/mol. The topological polar surface area (TPSA) is 119 Å². The molecule has 2 amide bonds. The smallest absolute Gasteiger partial charge is 0.328 e. The number of para-hydroxylation sites is 1. The Bertz CT molecular complexity index is 886. The predicted molar refractivity (Wildman–Crippen MR) is 108 cm³/mol.